The molecule has 0 aliphatic rings. The van der Waals surface area contributed by atoms with E-state index in [1.165, 1.54) is 6.92 Å². The number of aldehydes is 1. The molecule has 0 heterocycles. The molecule has 0 spiro atoms. The largest absolute Gasteiger partial charge is 0.493 e. The van der Waals surface area contributed by atoms with Crippen LogP contribution in [0.2, 0.25) is 0 Å². The smallest absolute Gasteiger partial charge is 0.262 e. The molecule has 136 valence electrons. The van der Waals surface area contributed by atoms with Crippen molar-refractivity contribution in [2.45, 2.75) is 20.3 Å². The van der Waals surface area contributed by atoms with Crippen LogP contribution in [-0.4, -0.2) is 31.2 Å². The van der Waals surface area contributed by atoms with Crippen molar-refractivity contribution in [1.82, 2.24) is 0 Å². The minimum atomic E-state index is -0.377. The summed E-state index contributed by atoms with van der Waals surface area (Å²) < 4.78 is 11.0. The van der Waals surface area contributed by atoms with Crippen molar-refractivity contribution in [3.05, 3.63) is 53.6 Å². The number of nitrogens with one attached hydrogen (secondary N) is 1. The van der Waals surface area contributed by atoms with Gasteiger partial charge in [0, 0.05) is 17.3 Å². The molecular formula is C20H21NO5. The molecule has 0 saturated heterocycles. The topological polar surface area (TPSA) is 81.7 Å². The molecule has 2 aromatic carbocycles. The Balaban J connectivity index is 1.97. The van der Waals surface area contributed by atoms with Crippen LogP contribution < -0.4 is 14.8 Å². The maximum absolute atomic E-state index is 12.0. The Bertz CT molecular complexity index is 783. The van der Waals surface area contributed by atoms with Gasteiger partial charge in [0.2, 0.25) is 0 Å². The van der Waals surface area contributed by atoms with Crippen molar-refractivity contribution < 1.29 is 23.9 Å². The Morgan fingerprint density at radius 2 is 1.81 bits per heavy atom. The van der Waals surface area contributed by atoms with Crippen LogP contribution >= 0.6 is 0 Å². The molecule has 6 heteroatoms. The number of carbonyl (C=O) groups excluding carboxylic acids is 3. The van der Waals surface area contributed by atoms with Crippen molar-refractivity contribution in [2.24, 2.45) is 0 Å². The Morgan fingerprint density at radius 3 is 2.42 bits per heavy atom. The lowest BCUT2D eigenvalue weighted by molar-refractivity contribution is -0.118. The highest BCUT2D eigenvalue weighted by Gasteiger charge is 2.09. The van der Waals surface area contributed by atoms with Crippen LogP contribution in [0.4, 0.5) is 5.69 Å². The molecule has 1 amide bonds. The fourth-order valence-corrected chi connectivity index (χ4v) is 2.18. The number of benzene rings is 2. The third-order valence-corrected chi connectivity index (χ3v) is 3.52. The van der Waals surface area contributed by atoms with Crippen molar-refractivity contribution in [3.8, 4) is 11.5 Å². The molecule has 0 fully saturated rings. The van der Waals surface area contributed by atoms with Crippen LogP contribution in [0, 0.1) is 0 Å². The molecule has 0 aliphatic heterocycles. The van der Waals surface area contributed by atoms with E-state index in [1.807, 2.05) is 6.92 Å². The molecule has 0 aromatic heterocycles. The fourth-order valence-electron chi connectivity index (χ4n) is 2.18. The van der Waals surface area contributed by atoms with Gasteiger partial charge in [-0.2, -0.15) is 0 Å². The lowest BCUT2D eigenvalue weighted by Crippen LogP contribution is -2.20. The number of hydrogen-bond donors (Lipinski definition) is 1. The second-order valence-electron chi connectivity index (χ2n) is 5.64. The van der Waals surface area contributed by atoms with Crippen molar-refractivity contribution in [2.75, 3.05) is 18.5 Å². The zero-order valence-corrected chi connectivity index (χ0v) is 14.8. The number of Topliss-reactive ketones (excluding diaryl/α,β-unsaturated/α-hetero) is 1. The van der Waals surface area contributed by atoms with Gasteiger partial charge in [-0.3, -0.25) is 14.4 Å². The summed E-state index contributed by atoms with van der Waals surface area (Å²) >= 11 is 0. The van der Waals surface area contributed by atoms with Crippen LogP contribution in [0.3, 0.4) is 0 Å². The van der Waals surface area contributed by atoms with E-state index in [1.54, 1.807) is 42.5 Å². The van der Waals surface area contributed by atoms with E-state index in [-0.39, 0.29) is 24.0 Å². The third-order valence-electron chi connectivity index (χ3n) is 3.52. The first-order chi connectivity index (χ1) is 12.5. The normalized spacial score (nSPS) is 10.1. The summed E-state index contributed by atoms with van der Waals surface area (Å²) in [6.45, 7) is 3.76. The van der Waals surface area contributed by atoms with E-state index < -0.39 is 0 Å². The Labute approximate surface area is 152 Å². The summed E-state index contributed by atoms with van der Waals surface area (Å²) in [6.07, 6.45) is 1.52. The predicted octanol–water partition coefficient (Wildman–Crippen LogP) is 3.51. The first-order valence-electron chi connectivity index (χ1n) is 8.29. The zero-order chi connectivity index (χ0) is 18.9. The van der Waals surface area contributed by atoms with Crippen LogP contribution in [0.25, 0.3) is 0 Å². The molecule has 0 unspecified atom stereocenters. The quantitative estimate of drug-likeness (QED) is 0.550. The van der Waals surface area contributed by atoms with Crippen molar-refractivity contribution in [1.29, 1.82) is 0 Å². The number of carbonyl (C=O) groups is 3. The molecule has 0 bridgehead atoms. The molecule has 2 rings (SSSR count). The van der Waals surface area contributed by atoms with Crippen molar-refractivity contribution >= 4 is 23.7 Å². The monoisotopic (exact) mass is 355 g/mol. The lowest BCUT2D eigenvalue weighted by Gasteiger charge is -2.11. The average molecular weight is 355 g/mol. The van der Waals surface area contributed by atoms with Gasteiger partial charge in [0.1, 0.15) is 11.5 Å². The summed E-state index contributed by atoms with van der Waals surface area (Å²) in [6, 6.07) is 11.4. The molecule has 26 heavy (non-hydrogen) atoms. The molecule has 2 aromatic rings. The zero-order valence-electron chi connectivity index (χ0n) is 14.8. The highest BCUT2D eigenvalue weighted by Crippen LogP contribution is 2.24. The predicted molar refractivity (Wildman–Crippen MR) is 98.2 cm³/mol. The molecule has 6 nitrogen and oxygen atoms in total. The van der Waals surface area contributed by atoms with Crippen LogP contribution in [0.1, 0.15) is 41.0 Å². The first kappa shape index (κ1) is 19.2. The summed E-state index contributed by atoms with van der Waals surface area (Å²) in [5, 5.41) is 2.67. The van der Waals surface area contributed by atoms with Gasteiger partial charge in [-0.1, -0.05) is 6.92 Å². The Morgan fingerprint density at radius 1 is 1.08 bits per heavy atom. The maximum atomic E-state index is 12.0. The number of amides is 1. The van der Waals surface area contributed by atoms with E-state index in [2.05, 4.69) is 5.32 Å². The van der Waals surface area contributed by atoms with Gasteiger partial charge >= 0.3 is 0 Å². The maximum Gasteiger partial charge on any atom is 0.262 e. The van der Waals surface area contributed by atoms with Gasteiger partial charge < -0.3 is 14.8 Å². The van der Waals surface area contributed by atoms with Gasteiger partial charge in [-0.25, -0.2) is 0 Å². The second kappa shape index (κ2) is 9.36. The molecule has 1 N–H and O–H groups in total. The number of ketones is 1. The van der Waals surface area contributed by atoms with Crippen LogP contribution in [-0.2, 0) is 4.79 Å². The highest BCUT2D eigenvalue weighted by atomic mass is 16.5. The molecular weight excluding hydrogens is 334 g/mol. The Hall–Kier alpha value is -3.15. The summed E-state index contributed by atoms with van der Waals surface area (Å²) in [5.74, 6) is 0.443. The number of rotatable bonds is 9. The van der Waals surface area contributed by atoms with Gasteiger partial charge in [-0.15, -0.1) is 0 Å². The van der Waals surface area contributed by atoms with Gasteiger partial charge in [0.05, 0.1) is 12.2 Å². The third kappa shape index (κ3) is 5.44. The summed E-state index contributed by atoms with van der Waals surface area (Å²) in [5.41, 5.74) is 1.46. The van der Waals surface area contributed by atoms with Crippen molar-refractivity contribution in [3.63, 3.8) is 0 Å². The number of anilines is 1. The number of hydrogen-bond acceptors (Lipinski definition) is 5. The second-order valence-corrected chi connectivity index (χ2v) is 5.64. The molecule has 0 radical (unpaired) electrons. The highest BCUT2D eigenvalue weighted by molar-refractivity contribution is 5.96. The summed E-state index contributed by atoms with van der Waals surface area (Å²) in [7, 11) is 0. The van der Waals surface area contributed by atoms with E-state index in [0.717, 1.165) is 6.42 Å². The summed E-state index contributed by atoms with van der Waals surface area (Å²) in [4.78, 5) is 34.4. The molecule has 0 saturated carbocycles. The standard InChI is InChI=1S/C20H21NO5/c1-3-10-25-18-9-6-16(12-22)19(11-18)26-13-20(24)21-17-7-4-15(5-8-17)14(2)23/h4-9,11-12H,3,10,13H2,1-2H3,(H,21,24). The minimum Gasteiger partial charge on any atom is -0.493 e. The molecule has 0 aliphatic carbocycles. The van der Waals surface area contributed by atoms with E-state index in [0.29, 0.717) is 35.5 Å². The number of ether oxygens (including phenoxy) is 2. The van der Waals surface area contributed by atoms with Gasteiger partial charge in [-0.05, 0) is 49.7 Å². The Kier molecular flexibility index (Phi) is 6.91. The van der Waals surface area contributed by atoms with Crippen LogP contribution in [0.5, 0.6) is 11.5 Å². The van der Waals surface area contributed by atoms with E-state index in [4.69, 9.17) is 9.47 Å². The van der Waals surface area contributed by atoms with E-state index >= 15 is 0 Å². The minimum absolute atomic E-state index is 0.0437. The fraction of sp³-hybridized carbons (Fsp3) is 0.250. The van der Waals surface area contributed by atoms with Gasteiger partial charge in [0.15, 0.2) is 18.7 Å². The lowest BCUT2D eigenvalue weighted by atomic mass is 10.1. The van der Waals surface area contributed by atoms with Gasteiger partial charge in [0.25, 0.3) is 5.91 Å². The molecule has 0 atom stereocenters. The van der Waals surface area contributed by atoms with E-state index in [9.17, 15) is 14.4 Å². The van der Waals surface area contributed by atoms with Crippen LogP contribution in [0.15, 0.2) is 42.5 Å². The SMILES string of the molecule is CCCOc1ccc(C=O)c(OCC(=O)Nc2ccc(C(C)=O)cc2)c1. The average Bonchev–Trinajstić information content (AvgIpc) is 2.65. The first-order valence-corrected chi connectivity index (χ1v) is 8.29.